The summed E-state index contributed by atoms with van der Waals surface area (Å²) in [5.74, 6) is -0.581. The van der Waals surface area contributed by atoms with E-state index in [-0.39, 0.29) is 30.9 Å². The lowest BCUT2D eigenvalue weighted by Crippen LogP contribution is -2.39. The van der Waals surface area contributed by atoms with E-state index in [1.807, 2.05) is 0 Å². The van der Waals surface area contributed by atoms with Crippen molar-refractivity contribution in [1.82, 2.24) is 5.32 Å². The molecule has 0 spiro atoms. The lowest BCUT2D eigenvalue weighted by atomic mass is 9.87. The summed E-state index contributed by atoms with van der Waals surface area (Å²) in [6.45, 7) is 3.78. The fraction of sp³-hybridized carbons (Fsp3) is 0.769. The van der Waals surface area contributed by atoms with Crippen molar-refractivity contribution in [3.05, 3.63) is 0 Å². The maximum atomic E-state index is 11.9. The molecule has 18 heavy (non-hydrogen) atoms. The van der Waals surface area contributed by atoms with E-state index in [0.717, 1.165) is 12.8 Å². The molecular weight excluding hydrogens is 232 g/mol. The Kier molecular flexibility index (Phi) is 5.14. The number of nitriles is 1. The van der Waals surface area contributed by atoms with Crippen LogP contribution in [0.15, 0.2) is 0 Å². The van der Waals surface area contributed by atoms with Gasteiger partial charge in [-0.25, -0.2) is 0 Å². The summed E-state index contributed by atoms with van der Waals surface area (Å²) in [5.41, 5.74) is -0.873. The Morgan fingerprint density at radius 3 is 2.50 bits per heavy atom. The molecule has 1 rings (SSSR count). The van der Waals surface area contributed by atoms with Crippen molar-refractivity contribution in [2.45, 2.75) is 52.1 Å². The Morgan fingerprint density at radius 2 is 2.00 bits per heavy atom. The smallest absolute Gasteiger partial charge is 0.307 e. The second-order valence-electron chi connectivity index (χ2n) is 4.95. The first-order valence-electron chi connectivity index (χ1n) is 6.39. The van der Waals surface area contributed by atoms with Crippen LogP contribution in [0.1, 0.15) is 46.0 Å². The minimum absolute atomic E-state index is 0.144. The Balaban J connectivity index is 2.33. The zero-order chi connectivity index (χ0) is 13.6. The Hall–Kier alpha value is -1.57. The number of esters is 1. The topological polar surface area (TPSA) is 79.2 Å². The van der Waals surface area contributed by atoms with E-state index in [0.29, 0.717) is 12.8 Å². The maximum absolute atomic E-state index is 11.9. The highest BCUT2D eigenvalue weighted by atomic mass is 16.5. The van der Waals surface area contributed by atoms with Gasteiger partial charge in [-0.05, 0) is 26.7 Å². The second-order valence-corrected chi connectivity index (χ2v) is 4.95. The van der Waals surface area contributed by atoms with Gasteiger partial charge in [0.1, 0.15) is 5.41 Å². The van der Waals surface area contributed by atoms with E-state index in [1.165, 1.54) is 0 Å². The third-order valence-electron chi connectivity index (χ3n) is 3.09. The number of nitrogens with one attached hydrogen (secondary N) is 1. The number of carbonyl (C=O) groups excluding carboxylic acids is 2. The van der Waals surface area contributed by atoms with Crippen molar-refractivity contribution in [2.75, 3.05) is 6.54 Å². The molecule has 1 amide bonds. The van der Waals surface area contributed by atoms with Crippen LogP contribution in [0.4, 0.5) is 0 Å². The van der Waals surface area contributed by atoms with Crippen LogP contribution < -0.4 is 5.32 Å². The van der Waals surface area contributed by atoms with Crippen LogP contribution in [-0.2, 0) is 14.3 Å². The third kappa shape index (κ3) is 3.73. The van der Waals surface area contributed by atoms with Gasteiger partial charge in [0.15, 0.2) is 0 Å². The first-order valence-corrected chi connectivity index (χ1v) is 6.39. The van der Waals surface area contributed by atoms with Crippen molar-refractivity contribution in [1.29, 1.82) is 5.26 Å². The lowest BCUT2D eigenvalue weighted by Gasteiger charge is -2.19. The average Bonchev–Trinajstić information content (AvgIpc) is 2.77. The summed E-state index contributed by atoms with van der Waals surface area (Å²) in [6.07, 6.45) is 3.06. The zero-order valence-corrected chi connectivity index (χ0v) is 11.0. The van der Waals surface area contributed by atoms with Crippen LogP contribution >= 0.6 is 0 Å². The van der Waals surface area contributed by atoms with Gasteiger partial charge in [-0.3, -0.25) is 9.59 Å². The van der Waals surface area contributed by atoms with Crippen molar-refractivity contribution in [3.8, 4) is 6.07 Å². The Bertz CT molecular complexity index is 352. The van der Waals surface area contributed by atoms with Crippen LogP contribution in [0.5, 0.6) is 0 Å². The summed E-state index contributed by atoms with van der Waals surface area (Å²) < 4.78 is 4.95. The van der Waals surface area contributed by atoms with E-state index in [9.17, 15) is 9.59 Å². The van der Waals surface area contributed by atoms with Gasteiger partial charge in [-0.1, -0.05) is 12.8 Å². The molecule has 1 fully saturated rings. The summed E-state index contributed by atoms with van der Waals surface area (Å²) in [5, 5.41) is 11.8. The number of ether oxygens (including phenoxy) is 1. The summed E-state index contributed by atoms with van der Waals surface area (Å²) in [6, 6.07) is 2.12. The number of amides is 1. The van der Waals surface area contributed by atoms with E-state index in [4.69, 9.17) is 10.00 Å². The van der Waals surface area contributed by atoms with Crippen LogP contribution in [0.25, 0.3) is 0 Å². The second kappa shape index (κ2) is 6.39. The van der Waals surface area contributed by atoms with Gasteiger partial charge in [-0.15, -0.1) is 0 Å². The highest BCUT2D eigenvalue weighted by Gasteiger charge is 2.41. The highest BCUT2D eigenvalue weighted by molar-refractivity contribution is 5.86. The van der Waals surface area contributed by atoms with Gasteiger partial charge in [0.2, 0.25) is 5.91 Å². The van der Waals surface area contributed by atoms with Crippen LogP contribution in [0, 0.1) is 16.7 Å². The van der Waals surface area contributed by atoms with Gasteiger partial charge < -0.3 is 10.1 Å². The van der Waals surface area contributed by atoms with Crippen LogP contribution in [0.3, 0.4) is 0 Å². The number of carbonyl (C=O) groups is 2. The molecule has 0 heterocycles. The SMILES string of the molecule is CC(C)OC(=O)CCNC(=O)C1(C#N)CCCC1. The number of hydrogen-bond donors (Lipinski definition) is 1. The van der Waals surface area contributed by atoms with Crippen molar-refractivity contribution < 1.29 is 14.3 Å². The highest BCUT2D eigenvalue weighted by Crippen LogP contribution is 2.37. The van der Waals surface area contributed by atoms with Gasteiger partial charge in [0.05, 0.1) is 18.6 Å². The van der Waals surface area contributed by atoms with Gasteiger partial charge in [0.25, 0.3) is 0 Å². The van der Waals surface area contributed by atoms with E-state index in [2.05, 4.69) is 11.4 Å². The number of nitrogens with zero attached hydrogens (tertiary/aromatic N) is 1. The molecule has 1 aliphatic rings. The molecule has 0 aromatic rings. The minimum atomic E-state index is -0.873. The fourth-order valence-corrected chi connectivity index (χ4v) is 2.14. The largest absolute Gasteiger partial charge is 0.463 e. The van der Waals surface area contributed by atoms with Gasteiger partial charge in [0, 0.05) is 6.54 Å². The Labute approximate surface area is 107 Å². The Morgan fingerprint density at radius 1 is 1.39 bits per heavy atom. The molecule has 0 aromatic heterocycles. The van der Waals surface area contributed by atoms with Crippen molar-refractivity contribution in [3.63, 3.8) is 0 Å². The standard InChI is InChI=1S/C13H20N2O3/c1-10(2)18-11(16)5-8-15-12(17)13(9-14)6-3-4-7-13/h10H,3-8H2,1-2H3,(H,15,17). The average molecular weight is 252 g/mol. The molecule has 1 aliphatic carbocycles. The molecule has 0 aliphatic heterocycles. The number of hydrogen-bond acceptors (Lipinski definition) is 4. The molecule has 1 N–H and O–H groups in total. The maximum Gasteiger partial charge on any atom is 0.307 e. The zero-order valence-electron chi connectivity index (χ0n) is 11.0. The first-order chi connectivity index (χ1) is 8.50. The van der Waals surface area contributed by atoms with Crippen molar-refractivity contribution in [2.24, 2.45) is 5.41 Å². The predicted octanol–water partition coefficient (Wildman–Crippen LogP) is 1.53. The summed E-state index contributed by atoms with van der Waals surface area (Å²) in [7, 11) is 0. The van der Waals surface area contributed by atoms with E-state index >= 15 is 0 Å². The molecule has 0 radical (unpaired) electrons. The predicted molar refractivity (Wildman–Crippen MR) is 65.4 cm³/mol. The quantitative estimate of drug-likeness (QED) is 0.752. The monoisotopic (exact) mass is 252 g/mol. The minimum Gasteiger partial charge on any atom is -0.463 e. The number of rotatable bonds is 5. The van der Waals surface area contributed by atoms with E-state index in [1.54, 1.807) is 13.8 Å². The molecule has 0 unspecified atom stereocenters. The first kappa shape index (κ1) is 14.5. The summed E-state index contributed by atoms with van der Waals surface area (Å²) >= 11 is 0. The van der Waals surface area contributed by atoms with Gasteiger partial charge >= 0.3 is 5.97 Å². The van der Waals surface area contributed by atoms with Gasteiger partial charge in [-0.2, -0.15) is 5.26 Å². The molecule has 0 atom stereocenters. The molecule has 100 valence electrons. The normalized spacial score (nSPS) is 17.2. The van der Waals surface area contributed by atoms with Crippen LogP contribution in [-0.4, -0.2) is 24.5 Å². The molecule has 0 aromatic carbocycles. The molecule has 1 saturated carbocycles. The molecule has 0 saturated heterocycles. The molecular formula is C13H20N2O3. The fourth-order valence-electron chi connectivity index (χ4n) is 2.14. The van der Waals surface area contributed by atoms with Crippen LogP contribution in [0.2, 0.25) is 0 Å². The summed E-state index contributed by atoms with van der Waals surface area (Å²) in [4.78, 5) is 23.2. The third-order valence-corrected chi connectivity index (χ3v) is 3.09. The molecule has 0 bridgehead atoms. The lowest BCUT2D eigenvalue weighted by molar-refractivity contribution is -0.147. The van der Waals surface area contributed by atoms with E-state index < -0.39 is 5.41 Å². The van der Waals surface area contributed by atoms with Crippen molar-refractivity contribution >= 4 is 11.9 Å². The molecule has 5 heteroatoms. The molecule has 5 nitrogen and oxygen atoms in total.